The highest BCUT2D eigenvalue weighted by Crippen LogP contribution is 2.20. The van der Waals surface area contributed by atoms with Gasteiger partial charge in [-0.2, -0.15) is 0 Å². The van der Waals surface area contributed by atoms with E-state index in [0.29, 0.717) is 0 Å². The second-order valence-corrected chi connectivity index (χ2v) is 5.08. The standard InChI is InChI=1S/C14H19NS/c1-3-4-5-8-13(15)11-16-14-9-6-7-12(2)10-14/h1,6-7,9-10,13H,4-5,8,11,15H2,2H3. The predicted octanol–water partition coefficient (Wildman–Crippen LogP) is 3.22. The first kappa shape index (κ1) is 13.2. The Labute approximate surface area is 103 Å². The van der Waals surface area contributed by atoms with Gasteiger partial charge in [-0.15, -0.1) is 24.1 Å². The Kier molecular flexibility index (Phi) is 6.07. The van der Waals surface area contributed by atoms with Crippen molar-refractivity contribution in [2.45, 2.75) is 37.1 Å². The Hall–Kier alpha value is -0.910. The average Bonchev–Trinajstić information content (AvgIpc) is 2.27. The Morgan fingerprint density at radius 3 is 3.00 bits per heavy atom. The van der Waals surface area contributed by atoms with Gasteiger partial charge in [0, 0.05) is 23.1 Å². The zero-order valence-corrected chi connectivity index (χ0v) is 10.6. The third-order valence-electron chi connectivity index (χ3n) is 2.35. The zero-order valence-electron chi connectivity index (χ0n) is 9.78. The fourth-order valence-corrected chi connectivity index (χ4v) is 2.48. The van der Waals surface area contributed by atoms with E-state index in [4.69, 9.17) is 12.2 Å². The highest BCUT2D eigenvalue weighted by atomic mass is 32.2. The summed E-state index contributed by atoms with van der Waals surface area (Å²) in [7, 11) is 0. The van der Waals surface area contributed by atoms with Gasteiger partial charge in [0.15, 0.2) is 0 Å². The third-order valence-corrected chi connectivity index (χ3v) is 3.53. The van der Waals surface area contributed by atoms with Gasteiger partial charge in [-0.1, -0.05) is 17.7 Å². The number of thioether (sulfide) groups is 1. The highest BCUT2D eigenvalue weighted by Gasteiger charge is 2.03. The molecule has 0 saturated carbocycles. The van der Waals surface area contributed by atoms with Crippen molar-refractivity contribution < 1.29 is 0 Å². The van der Waals surface area contributed by atoms with Crippen molar-refractivity contribution in [3.63, 3.8) is 0 Å². The summed E-state index contributed by atoms with van der Waals surface area (Å²) < 4.78 is 0. The fraction of sp³-hybridized carbons (Fsp3) is 0.429. The van der Waals surface area contributed by atoms with Crippen LogP contribution in [-0.2, 0) is 0 Å². The van der Waals surface area contributed by atoms with Crippen molar-refractivity contribution in [1.82, 2.24) is 0 Å². The number of aryl methyl sites for hydroxylation is 1. The van der Waals surface area contributed by atoms with Crippen molar-refractivity contribution in [3.8, 4) is 12.3 Å². The van der Waals surface area contributed by atoms with Crippen LogP contribution in [0.3, 0.4) is 0 Å². The molecule has 1 aromatic carbocycles. The lowest BCUT2D eigenvalue weighted by Crippen LogP contribution is -2.22. The maximum Gasteiger partial charge on any atom is 0.0134 e. The minimum Gasteiger partial charge on any atom is -0.327 e. The molecule has 1 atom stereocenters. The maximum absolute atomic E-state index is 6.01. The van der Waals surface area contributed by atoms with E-state index in [1.807, 2.05) is 11.8 Å². The molecule has 86 valence electrons. The maximum atomic E-state index is 6.01. The Balaban J connectivity index is 2.26. The van der Waals surface area contributed by atoms with Crippen LogP contribution in [0.5, 0.6) is 0 Å². The van der Waals surface area contributed by atoms with E-state index in [1.165, 1.54) is 10.5 Å². The predicted molar refractivity (Wildman–Crippen MR) is 72.6 cm³/mol. The summed E-state index contributed by atoms with van der Waals surface area (Å²) in [6.45, 7) is 2.11. The molecular weight excluding hydrogens is 214 g/mol. The number of rotatable bonds is 6. The topological polar surface area (TPSA) is 26.0 Å². The number of hydrogen-bond donors (Lipinski definition) is 1. The smallest absolute Gasteiger partial charge is 0.0134 e. The van der Waals surface area contributed by atoms with E-state index in [0.717, 1.165) is 25.0 Å². The second kappa shape index (κ2) is 7.38. The SMILES string of the molecule is C#CCCCC(N)CSc1cccc(C)c1. The van der Waals surface area contributed by atoms with Gasteiger partial charge in [0.25, 0.3) is 0 Å². The Bertz CT molecular complexity index is 354. The van der Waals surface area contributed by atoms with E-state index in [2.05, 4.69) is 37.1 Å². The molecule has 1 unspecified atom stereocenters. The highest BCUT2D eigenvalue weighted by molar-refractivity contribution is 7.99. The van der Waals surface area contributed by atoms with Crippen LogP contribution >= 0.6 is 11.8 Å². The summed E-state index contributed by atoms with van der Waals surface area (Å²) in [5, 5.41) is 0. The van der Waals surface area contributed by atoms with Gasteiger partial charge in [-0.3, -0.25) is 0 Å². The van der Waals surface area contributed by atoms with E-state index in [9.17, 15) is 0 Å². The van der Waals surface area contributed by atoms with Gasteiger partial charge in [0.1, 0.15) is 0 Å². The molecule has 1 aromatic rings. The van der Waals surface area contributed by atoms with Crippen molar-refractivity contribution >= 4 is 11.8 Å². The summed E-state index contributed by atoms with van der Waals surface area (Å²) in [4.78, 5) is 1.30. The molecule has 0 saturated heterocycles. The van der Waals surface area contributed by atoms with E-state index >= 15 is 0 Å². The fourth-order valence-electron chi connectivity index (χ4n) is 1.46. The van der Waals surface area contributed by atoms with Gasteiger partial charge in [0.05, 0.1) is 0 Å². The van der Waals surface area contributed by atoms with Crippen LogP contribution in [0.25, 0.3) is 0 Å². The summed E-state index contributed by atoms with van der Waals surface area (Å²) in [6.07, 6.45) is 8.09. The summed E-state index contributed by atoms with van der Waals surface area (Å²) >= 11 is 1.82. The number of hydrogen-bond acceptors (Lipinski definition) is 2. The molecule has 0 amide bonds. The molecule has 0 fully saturated rings. The number of unbranched alkanes of at least 4 members (excludes halogenated alkanes) is 1. The molecule has 0 aliphatic carbocycles. The Morgan fingerprint density at radius 2 is 2.31 bits per heavy atom. The molecule has 0 heterocycles. The molecule has 2 heteroatoms. The molecule has 2 N–H and O–H groups in total. The molecule has 1 nitrogen and oxygen atoms in total. The third kappa shape index (κ3) is 5.25. The molecule has 0 aliphatic rings. The first-order valence-electron chi connectivity index (χ1n) is 5.61. The molecule has 0 radical (unpaired) electrons. The largest absolute Gasteiger partial charge is 0.327 e. The average molecular weight is 233 g/mol. The molecule has 0 spiro atoms. The minimum absolute atomic E-state index is 0.249. The lowest BCUT2D eigenvalue weighted by atomic mass is 10.1. The Morgan fingerprint density at radius 1 is 1.50 bits per heavy atom. The molecule has 16 heavy (non-hydrogen) atoms. The normalized spacial score (nSPS) is 12.1. The summed E-state index contributed by atoms with van der Waals surface area (Å²) in [6, 6.07) is 8.77. The van der Waals surface area contributed by atoms with Crippen molar-refractivity contribution in [3.05, 3.63) is 29.8 Å². The first-order valence-corrected chi connectivity index (χ1v) is 6.59. The molecule has 0 bridgehead atoms. The lowest BCUT2D eigenvalue weighted by molar-refractivity contribution is 0.641. The first-order chi connectivity index (χ1) is 7.72. The van der Waals surface area contributed by atoms with Crippen LogP contribution in [0.4, 0.5) is 0 Å². The monoisotopic (exact) mass is 233 g/mol. The van der Waals surface area contributed by atoms with Crippen molar-refractivity contribution in [2.24, 2.45) is 5.73 Å². The van der Waals surface area contributed by atoms with Crippen LogP contribution in [-0.4, -0.2) is 11.8 Å². The van der Waals surface area contributed by atoms with Gasteiger partial charge in [0.2, 0.25) is 0 Å². The second-order valence-electron chi connectivity index (χ2n) is 3.98. The van der Waals surface area contributed by atoms with Crippen LogP contribution < -0.4 is 5.73 Å². The van der Waals surface area contributed by atoms with Crippen LogP contribution in [0.1, 0.15) is 24.8 Å². The summed E-state index contributed by atoms with van der Waals surface area (Å²) in [5.41, 5.74) is 7.31. The lowest BCUT2D eigenvalue weighted by Gasteiger charge is -2.10. The quantitative estimate of drug-likeness (QED) is 0.464. The van der Waals surface area contributed by atoms with Gasteiger partial charge < -0.3 is 5.73 Å². The minimum atomic E-state index is 0.249. The van der Waals surface area contributed by atoms with Crippen LogP contribution in [0.15, 0.2) is 29.2 Å². The van der Waals surface area contributed by atoms with Gasteiger partial charge >= 0.3 is 0 Å². The van der Waals surface area contributed by atoms with E-state index in [-0.39, 0.29) is 6.04 Å². The number of nitrogens with two attached hydrogens (primary N) is 1. The molecular formula is C14H19NS. The molecule has 0 aliphatic heterocycles. The van der Waals surface area contributed by atoms with Crippen LogP contribution in [0.2, 0.25) is 0 Å². The van der Waals surface area contributed by atoms with Gasteiger partial charge in [-0.05, 0) is 31.9 Å². The molecule has 1 rings (SSSR count). The van der Waals surface area contributed by atoms with Crippen molar-refractivity contribution in [1.29, 1.82) is 0 Å². The van der Waals surface area contributed by atoms with Crippen LogP contribution in [0, 0.1) is 19.3 Å². The van der Waals surface area contributed by atoms with Gasteiger partial charge in [-0.25, -0.2) is 0 Å². The zero-order chi connectivity index (χ0) is 11.8. The number of terminal acetylenes is 1. The molecule has 0 aromatic heterocycles. The van der Waals surface area contributed by atoms with Crippen molar-refractivity contribution in [2.75, 3.05) is 5.75 Å². The number of benzene rings is 1. The summed E-state index contributed by atoms with van der Waals surface area (Å²) in [5.74, 6) is 3.61. The van der Waals surface area contributed by atoms with E-state index in [1.54, 1.807) is 0 Å². The van der Waals surface area contributed by atoms with E-state index < -0.39 is 0 Å².